The Bertz CT molecular complexity index is 985. The van der Waals surface area contributed by atoms with E-state index in [0.29, 0.717) is 17.3 Å². The maximum Gasteiger partial charge on any atom is 0.319 e. The van der Waals surface area contributed by atoms with Crippen molar-refractivity contribution >= 4 is 23.3 Å². The van der Waals surface area contributed by atoms with E-state index in [4.69, 9.17) is 11.6 Å². The van der Waals surface area contributed by atoms with Crippen molar-refractivity contribution in [3.8, 4) is 5.69 Å². The fourth-order valence-electron chi connectivity index (χ4n) is 3.16. The Hall–Kier alpha value is -2.83. The highest BCUT2D eigenvalue weighted by Crippen LogP contribution is 2.23. The predicted molar refractivity (Wildman–Crippen MR) is 118 cm³/mol. The van der Waals surface area contributed by atoms with Gasteiger partial charge in [-0.2, -0.15) is 0 Å². The molecule has 2 amide bonds. The molecule has 7 heteroatoms. The van der Waals surface area contributed by atoms with Crippen LogP contribution in [0.5, 0.6) is 0 Å². The molecule has 152 valence electrons. The second kappa shape index (κ2) is 9.11. The van der Waals surface area contributed by atoms with Crippen LogP contribution in [0.4, 0.5) is 10.5 Å². The fourth-order valence-corrected chi connectivity index (χ4v) is 3.33. The number of anilines is 1. The third kappa shape index (κ3) is 5.37. The molecule has 0 saturated carbocycles. The minimum atomic E-state index is -0.274. The van der Waals surface area contributed by atoms with Crippen molar-refractivity contribution in [2.75, 3.05) is 19.4 Å². The number of halogens is 1. The van der Waals surface area contributed by atoms with Crippen LogP contribution in [0.15, 0.2) is 55.1 Å². The second-order valence-electron chi connectivity index (χ2n) is 7.38. The van der Waals surface area contributed by atoms with Gasteiger partial charge in [0.25, 0.3) is 0 Å². The van der Waals surface area contributed by atoms with Crippen LogP contribution in [-0.2, 0) is 6.54 Å². The van der Waals surface area contributed by atoms with E-state index in [1.165, 1.54) is 0 Å². The van der Waals surface area contributed by atoms with Gasteiger partial charge < -0.3 is 20.1 Å². The number of aryl methyl sites for hydroxylation is 1. The van der Waals surface area contributed by atoms with Crippen LogP contribution in [0.2, 0.25) is 5.02 Å². The molecule has 3 rings (SSSR count). The smallest absolute Gasteiger partial charge is 0.319 e. The minimum Gasteiger partial charge on any atom is -0.331 e. The number of aromatic nitrogens is 2. The van der Waals surface area contributed by atoms with E-state index in [9.17, 15) is 4.79 Å². The first kappa shape index (κ1) is 20.9. The summed E-state index contributed by atoms with van der Waals surface area (Å²) >= 11 is 6.13. The summed E-state index contributed by atoms with van der Waals surface area (Å²) in [5.74, 6) is 0. The highest BCUT2D eigenvalue weighted by Gasteiger charge is 2.14. The van der Waals surface area contributed by atoms with E-state index in [1.54, 1.807) is 18.6 Å². The molecule has 3 aromatic rings. The number of urea groups is 1. The molecular formula is C22H26ClN5O. The molecule has 0 radical (unpaired) electrons. The molecular weight excluding hydrogens is 386 g/mol. The van der Waals surface area contributed by atoms with Crippen molar-refractivity contribution in [2.24, 2.45) is 0 Å². The summed E-state index contributed by atoms with van der Waals surface area (Å²) in [6.07, 6.45) is 5.42. The first-order chi connectivity index (χ1) is 13.8. The van der Waals surface area contributed by atoms with E-state index in [1.807, 2.05) is 60.9 Å². The van der Waals surface area contributed by atoms with Crippen LogP contribution in [0.1, 0.15) is 29.7 Å². The minimum absolute atomic E-state index is 0.172. The van der Waals surface area contributed by atoms with Gasteiger partial charge in [-0.25, -0.2) is 9.78 Å². The van der Waals surface area contributed by atoms with E-state index in [2.05, 4.69) is 28.6 Å². The lowest BCUT2D eigenvalue weighted by molar-refractivity contribution is 0.249. The number of imidazole rings is 1. The van der Waals surface area contributed by atoms with Gasteiger partial charge in [0.05, 0.1) is 12.4 Å². The first-order valence-corrected chi connectivity index (χ1v) is 9.81. The van der Waals surface area contributed by atoms with Crippen LogP contribution in [-0.4, -0.2) is 34.6 Å². The molecule has 0 unspecified atom stereocenters. The molecule has 0 aliphatic rings. The van der Waals surface area contributed by atoms with Crippen molar-refractivity contribution in [3.05, 3.63) is 76.8 Å². The summed E-state index contributed by atoms with van der Waals surface area (Å²) in [5, 5.41) is 6.52. The van der Waals surface area contributed by atoms with Gasteiger partial charge in [-0.15, -0.1) is 0 Å². The first-order valence-electron chi connectivity index (χ1n) is 9.43. The summed E-state index contributed by atoms with van der Waals surface area (Å²) in [7, 11) is 3.96. The SMILES string of the molecule is Cc1ccc([C@H](C)NC(=O)Nc2cc(Cl)ccc2CN(C)C)cc1-n1ccnc1. The van der Waals surface area contributed by atoms with E-state index < -0.39 is 0 Å². The molecule has 6 nitrogen and oxygen atoms in total. The fraction of sp³-hybridized carbons (Fsp3) is 0.273. The Labute approximate surface area is 176 Å². The highest BCUT2D eigenvalue weighted by atomic mass is 35.5. The van der Waals surface area contributed by atoms with Crippen LogP contribution in [0, 0.1) is 6.92 Å². The van der Waals surface area contributed by atoms with Gasteiger partial charge in [0.1, 0.15) is 0 Å². The van der Waals surface area contributed by atoms with Gasteiger partial charge in [-0.05, 0) is 62.8 Å². The van der Waals surface area contributed by atoms with Gasteiger partial charge in [0, 0.05) is 35.3 Å². The number of nitrogens with zero attached hydrogens (tertiary/aromatic N) is 3. The summed E-state index contributed by atoms with van der Waals surface area (Å²) in [6.45, 7) is 4.71. The number of hydrogen-bond donors (Lipinski definition) is 2. The summed E-state index contributed by atoms with van der Waals surface area (Å²) in [4.78, 5) is 18.8. The second-order valence-corrected chi connectivity index (χ2v) is 7.81. The van der Waals surface area contributed by atoms with Crippen molar-refractivity contribution in [2.45, 2.75) is 26.4 Å². The normalized spacial score (nSPS) is 12.1. The van der Waals surface area contributed by atoms with Gasteiger partial charge >= 0.3 is 6.03 Å². The maximum absolute atomic E-state index is 12.6. The van der Waals surface area contributed by atoms with Gasteiger partial charge in [-0.1, -0.05) is 29.8 Å². The molecule has 0 saturated heterocycles. The Morgan fingerprint density at radius 2 is 2.03 bits per heavy atom. The number of nitrogens with one attached hydrogen (secondary N) is 2. The molecule has 0 fully saturated rings. The van der Waals surface area contributed by atoms with Crippen LogP contribution < -0.4 is 10.6 Å². The zero-order valence-corrected chi connectivity index (χ0v) is 17.9. The van der Waals surface area contributed by atoms with Crippen LogP contribution in [0.3, 0.4) is 0 Å². The lowest BCUT2D eigenvalue weighted by atomic mass is 10.0. The third-order valence-electron chi connectivity index (χ3n) is 4.67. The molecule has 1 aromatic heterocycles. The Morgan fingerprint density at radius 1 is 1.24 bits per heavy atom. The lowest BCUT2D eigenvalue weighted by Gasteiger charge is -2.19. The third-order valence-corrected chi connectivity index (χ3v) is 4.91. The van der Waals surface area contributed by atoms with Crippen molar-refractivity contribution < 1.29 is 4.79 Å². The van der Waals surface area contributed by atoms with Crippen molar-refractivity contribution in [3.63, 3.8) is 0 Å². The molecule has 1 heterocycles. The lowest BCUT2D eigenvalue weighted by Crippen LogP contribution is -2.31. The molecule has 2 aromatic carbocycles. The topological polar surface area (TPSA) is 62.2 Å². The number of hydrogen-bond acceptors (Lipinski definition) is 3. The van der Waals surface area contributed by atoms with E-state index >= 15 is 0 Å². The van der Waals surface area contributed by atoms with Crippen molar-refractivity contribution in [1.29, 1.82) is 0 Å². The number of carbonyl (C=O) groups excluding carboxylic acids is 1. The Morgan fingerprint density at radius 3 is 2.72 bits per heavy atom. The average Bonchev–Trinajstić information content (AvgIpc) is 3.18. The van der Waals surface area contributed by atoms with E-state index in [0.717, 1.165) is 22.4 Å². The number of carbonyl (C=O) groups is 1. The zero-order valence-electron chi connectivity index (χ0n) is 17.1. The zero-order chi connectivity index (χ0) is 21.0. The Kier molecular flexibility index (Phi) is 6.56. The quantitative estimate of drug-likeness (QED) is 0.613. The summed E-state index contributed by atoms with van der Waals surface area (Å²) in [6, 6.07) is 11.2. The number of rotatable bonds is 6. The van der Waals surface area contributed by atoms with Crippen LogP contribution in [0.25, 0.3) is 5.69 Å². The predicted octanol–water partition coefficient (Wildman–Crippen LogP) is 4.78. The standard InChI is InChI=1S/C22H26ClN5O/c1-15-5-6-17(11-21(15)28-10-9-24-14-28)16(2)25-22(29)26-20-12-19(23)8-7-18(20)13-27(3)4/h5-12,14,16H,13H2,1-4H3,(H2,25,26,29)/t16-/m0/s1. The monoisotopic (exact) mass is 411 g/mol. The van der Waals surface area contributed by atoms with Crippen LogP contribution >= 0.6 is 11.6 Å². The summed E-state index contributed by atoms with van der Waals surface area (Å²) < 4.78 is 1.96. The van der Waals surface area contributed by atoms with Gasteiger partial charge in [-0.3, -0.25) is 0 Å². The van der Waals surface area contributed by atoms with E-state index in [-0.39, 0.29) is 12.1 Å². The largest absolute Gasteiger partial charge is 0.331 e. The maximum atomic E-state index is 12.6. The van der Waals surface area contributed by atoms with Gasteiger partial charge in [0.2, 0.25) is 0 Å². The summed E-state index contributed by atoms with van der Waals surface area (Å²) in [5.41, 5.74) is 4.89. The Balaban J connectivity index is 1.73. The average molecular weight is 412 g/mol. The molecule has 1 atom stereocenters. The molecule has 29 heavy (non-hydrogen) atoms. The molecule has 0 aliphatic carbocycles. The molecule has 2 N–H and O–H groups in total. The molecule has 0 spiro atoms. The number of amides is 2. The van der Waals surface area contributed by atoms with Crippen molar-refractivity contribution in [1.82, 2.24) is 19.8 Å². The molecule has 0 aliphatic heterocycles. The number of benzene rings is 2. The molecule has 0 bridgehead atoms. The van der Waals surface area contributed by atoms with Gasteiger partial charge in [0.15, 0.2) is 0 Å². The highest BCUT2D eigenvalue weighted by molar-refractivity contribution is 6.31.